The Morgan fingerprint density at radius 1 is 1.52 bits per heavy atom. The van der Waals surface area contributed by atoms with E-state index in [0.717, 1.165) is 22.3 Å². The molecule has 0 aliphatic heterocycles. The molecule has 0 aliphatic rings. The van der Waals surface area contributed by atoms with Crippen LogP contribution in [0.1, 0.15) is 36.3 Å². The average molecular weight is 348 g/mol. The van der Waals surface area contributed by atoms with E-state index in [1.54, 1.807) is 24.5 Å². The molecule has 2 N–H and O–H groups in total. The first-order valence-electron chi connectivity index (χ1n) is 6.84. The van der Waals surface area contributed by atoms with E-state index in [1.807, 2.05) is 32.0 Å². The van der Waals surface area contributed by atoms with Gasteiger partial charge in [0, 0.05) is 22.9 Å². The molecule has 1 atom stereocenters. The molecule has 0 spiro atoms. The molecule has 110 valence electrons. The van der Waals surface area contributed by atoms with Gasteiger partial charge in [-0.1, -0.05) is 35.0 Å². The normalized spacial score (nSPS) is 12.5. The first-order valence-corrected chi connectivity index (χ1v) is 7.63. The van der Waals surface area contributed by atoms with Gasteiger partial charge in [-0.15, -0.1) is 0 Å². The molecule has 0 radical (unpaired) electrons. The zero-order chi connectivity index (χ0) is 15.2. The van der Waals surface area contributed by atoms with Gasteiger partial charge in [0.2, 0.25) is 5.91 Å². The van der Waals surface area contributed by atoms with Crippen LogP contribution in [-0.2, 0) is 4.79 Å². The van der Waals surface area contributed by atoms with Crippen molar-refractivity contribution in [3.05, 3.63) is 58.1 Å². The highest BCUT2D eigenvalue weighted by Crippen LogP contribution is 2.19. The van der Waals surface area contributed by atoms with Crippen LogP contribution < -0.4 is 5.32 Å². The third-order valence-corrected chi connectivity index (χ3v) is 3.83. The largest absolute Gasteiger partial charge is 0.347 e. The lowest BCUT2D eigenvalue weighted by Gasteiger charge is -2.12. The molecule has 0 aliphatic carbocycles. The minimum atomic E-state index is -0.134. The summed E-state index contributed by atoms with van der Waals surface area (Å²) in [4.78, 5) is 19.2. The quantitative estimate of drug-likeness (QED) is 0.809. The number of benzene rings is 1. The maximum Gasteiger partial charge on any atom is 0.244 e. The van der Waals surface area contributed by atoms with Gasteiger partial charge >= 0.3 is 0 Å². The molecule has 4 nitrogen and oxygen atoms in total. The monoisotopic (exact) mass is 347 g/mol. The molecule has 5 heteroatoms. The first-order chi connectivity index (χ1) is 10.1. The van der Waals surface area contributed by atoms with E-state index in [9.17, 15) is 4.79 Å². The van der Waals surface area contributed by atoms with E-state index in [4.69, 9.17) is 0 Å². The van der Waals surface area contributed by atoms with Gasteiger partial charge < -0.3 is 10.3 Å². The molecule has 0 fully saturated rings. The van der Waals surface area contributed by atoms with Crippen molar-refractivity contribution in [2.45, 2.75) is 26.3 Å². The number of hydrogen-bond donors (Lipinski definition) is 2. The highest BCUT2D eigenvalue weighted by Gasteiger charge is 2.12. The number of hydrogen-bond acceptors (Lipinski definition) is 2. The summed E-state index contributed by atoms with van der Waals surface area (Å²) in [6.07, 6.45) is 7.56. The number of nitrogens with one attached hydrogen (secondary N) is 2. The van der Waals surface area contributed by atoms with E-state index >= 15 is 0 Å². The Morgan fingerprint density at radius 2 is 2.33 bits per heavy atom. The number of aromatic amines is 1. The molecule has 1 aromatic heterocycles. The van der Waals surface area contributed by atoms with Gasteiger partial charge in [0.15, 0.2) is 0 Å². The Hall–Kier alpha value is -1.88. The summed E-state index contributed by atoms with van der Waals surface area (Å²) in [5.74, 6) is 0.640. The number of H-pyrrole nitrogens is 1. The number of rotatable bonds is 5. The standard InChI is InChI=1S/C16H18BrN3O/c1-3-14(16-18-8-9-19-16)20-15(21)7-6-12-5-4-11(2)10-13(12)17/h4-10,14H,3H2,1-2H3,(H,18,19)(H,20,21)/b7-6+. The second kappa shape index (κ2) is 7.22. The van der Waals surface area contributed by atoms with Gasteiger partial charge in [-0.2, -0.15) is 0 Å². The molecule has 21 heavy (non-hydrogen) atoms. The van der Waals surface area contributed by atoms with Crippen molar-refractivity contribution in [1.29, 1.82) is 0 Å². The number of nitrogens with zero attached hydrogens (tertiary/aromatic N) is 1. The summed E-state index contributed by atoms with van der Waals surface area (Å²) < 4.78 is 0.977. The van der Waals surface area contributed by atoms with Crippen molar-refractivity contribution in [1.82, 2.24) is 15.3 Å². The molecule has 2 aromatic rings. The Labute approximate surface area is 132 Å². The van der Waals surface area contributed by atoms with E-state index in [-0.39, 0.29) is 11.9 Å². The van der Waals surface area contributed by atoms with Crippen LogP contribution in [-0.4, -0.2) is 15.9 Å². The highest BCUT2D eigenvalue weighted by molar-refractivity contribution is 9.10. The lowest BCUT2D eigenvalue weighted by Crippen LogP contribution is -2.27. The molecular weight excluding hydrogens is 330 g/mol. The topological polar surface area (TPSA) is 57.8 Å². The molecule has 0 bridgehead atoms. The lowest BCUT2D eigenvalue weighted by molar-refractivity contribution is -0.117. The van der Waals surface area contributed by atoms with Crippen LogP contribution in [0.4, 0.5) is 0 Å². The molecule has 1 unspecified atom stereocenters. The van der Waals surface area contributed by atoms with Crippen molar-refractivity contribution in [3.63, 3.8) is 0 Å². The van der Waals surface area contributed by atoms with Gasteiger partial charge in [-0.25, -0.2) is 4.98 Å². The van der Waals surface area contributed by atoms with Crippen LogP contribution in [0.2, 0.25) is 0 Å². The van der Waals surface area contributed by atoms with E-state index < -0.39 is 0 Å². The zero-order valence-corrected chi connectivity index (χ0v) is 13.6. The summed E-state index contributed by atoms with van der Waals surface area (Å²) in [5, 5.41) is 2.94. The van der Waals surface area contributed by atoms with Crippen molar-refractivity contribution in [2.75, 3.05) is 0 Å². The third-order valence-electron chi connectivity index (χ3n) is 3.14. The van der Waals surface area contributed by atoms with Crippen LogP contribution in [0.15, 0.2) is 41.1 Å². The van der Waals surface area contributed by atoms with Crippen LogP contribution in [0.5, 0.6) is 0 Å². The second-order valence-electron chi connectivity index (χ2n) is 4.80. The van der Waals surface area contributed by atoms with Gasteiger partial charge in [0.1, 0.15) is 5.82 Å². The Bertz CT molecular complexity index is 635. The van der Waals surface area contributed by atoms with Gasteiger partial charge in [-0.05, 0) is 36.6 Å². The number of carbonyl (C=O) groups is 1. The third kappa shape index (κ3) is 4.29. The van der Waals surface area contributed by atoms with Crippen molar-refractivity contribution in [3.8, 4) is 0 Å². The van der Waals surface area contributed by atoms with Crippen molar-refractivity contribution in [2.24, 2.45) is 0 Å². The van der Waals surface area contributed by atoms with Crippen molar-refractivity contribution >= 4 is 27.9 Å². The van der Waals surface area contributed by atoms with Gasteiger partial charge in [-0.3, -0.25) is 4.79 Å². The van der Waals surface area contributed by atoms with Crippen LogP contribution >= 0.6 is 15.9 Å². The predicted molar refractivity (Wildman–Crippen MR) is 87.7 cm³/mol. The fourth-order valence-corrected chi connectivity index (χ4v) is 2.61. The summed E-state index contributed by atoms with van der Waals surface area (Å²) in [6, 6.07) is 5.92. The number of imidazole rings is 1. The molecular formula is C16H18BrN3O. The Morgan fingerprint density at radius 3 is 2.95 bits per heavy atom. The highest BCUT2D eigenvalue weighted by atomic mass is 79.9. The Kier molecular flexibility index (Phi) is 5.33. The maximum atomic E-state index is 12.0. The fourth-order valence-electron chi connectivity index (χ4n) is 1.98. The number of aromatic nitrogens is 2. The minimum absolute atomic E-state index is 0.0985. The number of halogens is 1. The van der Waals surface area contributed by atoms with E-state index in [1.165, 1.54) is 5.56 Å². The summed E-state index contributed by atoms with van der Waals surface area (Å²) >= 11 is 3.50. The molecule has 0 saturated heterocycles. The average Bonchev–Trinajstić information content (AvgIpc) is 2.98. The number of aryl methyl sites for hydroxylation is 1. The number of amides is 1. The molecule has 2 rings (SSSR count). The Balaban J connectivity index is 2.02. The first kappa shape index (κ1) is 15.5. The predicted octanol–water partition coefficient (Wildman–Crippen LogP) is 3.76. The summed E-state index contributed by atoms with van der Waals surface area (Å²) in [5.41, 5.74) is 2.15. The van der Waals surface area contributed by atoms with E-state index in [2.05, 4.69) is 31.2 Å². The van der Waals surface area contributed by atoms with E-state index in [0.29, 0.717) is 0 Å². The molecule has 1 aromatic carbocycles. The van der Waals surface area contributed by atoms with Crippen LogP contribution in [0.25, 0.3) is 6.08 Å². The molecule has 0 saturated carbocycles. The van der Waals surface area contributed by atoms with Crippen molar-refractivity contribution < 1.29 is 4.79 Å². The SMILES string of the molecule is CCC(NC(=O)/C=C/c1ccc(C)cc1Br)c1ncc[nH]1. The molecule has 1 heterocycles. The van der Waals surface area contributed by atoms with Gasteiger partial charge in [0.05, 0.1) is 6.04 Å². The number of carbonyl (C=O) groups excluding carboxylic acids is 1. The summed E-state index contributed by atoms with van der Waals surface area (Å²) in [7, 11) is 0. The summed E-state index contributed by atoms with van der Waals surface area (Å²) in [6.45, 7) is 4.04. The van der Waals surface area contributed by atoms with Crippen LogP contribution in [0.3, 0.4) is 0 Å². The fraction of sp³-hybridized carbons (Fsp3) is 0.250. The smallest absolute Gasteiger partial charge is 0.244 e. The van der Waals surface area contributed by atoms with Gasteiger partial charge in [0.25, 0.3) is 0 Å². The maximum absolute atomic E-state index is 12.0. The minimum Gasteiger partial charge on any atom is -0.347 e. The second-order valence-corrected chi connectivity index (χ2v) is 5.66. The molecule has 1 amide bonds. The van der Waals surface area contributed by atoms with Crippen LogP contribution in [0, 0.1) is 6.92 Å². The lowest BCUT2D eigenvalue weighted by atomic mass is 10.1. The zero-order valence-electron chi connectivity index (χ0n) is 12.1.